The molecule has 2 aliphatic heterocycles. The molecule has 2 aliphatic rings. The van der Waals surface area contributed by atoms with Gasteiger partial charge >= 0.3 is 0 Å². The number of ether oxygens (including phenoxy) is 1. The van der Waals surface area contributed by atoms with Crippen LogP contribution in [0.5, 0.6) is 0 Å². The Bertz CT molecular complexity index is 1190. The van der Waals surface area contributed by atoms with Crippen molar-refractivity contribution >= 4 is 23.4 Å². The van der Waals surface area contributed by atoms with E-state index in [4.69, 9.17) is 16.3 Å². The highest BCUT2D eigenvalue weighted by Crippen LogP contribution is 2.28. The van der Waals surface area contributed by atoms with Gasteiger partial charge in [0.2, 0.25) is 0 Å². The summed E-state index contributed by atoms with van der Waals surface area (Å²) in [5.74, 6) is -1.17. The molecule has 0 aliphatic carbocycles. The molecular weight excluding hydrogens is 449 g/mol. The van der Waals surface area contributed by atoms with Crippen LogP contribution >= 0.6 is 11.6 Å². The predicted octanol–water partition coefficient (Wildman–Crippen LogP) is 2.94. The molecule has 33 heavy (non-hydrogen) atoms. The molecule has 2 aromatic carbocycles. The average Bonchev–Trinajstić information content (AvgIpc) is 3.27. The fourth-order valence-corrected chi connectivity index (χ4v) is 4.25. The number of amides is 2. The number of rotatable bonds is 3. The molecule has 1 unspecified atom stereocenters. The van der Waals surface area contributed by atoms with Crippen LogP contribution in [0, 0.1) is 5.82 Å². The van der Waals surface area contributed by atoms with E-state index in [1.165, 1.54) is 12.1 Å². The summed E-state index contributed by atoms with van der Waals surface area (Å²) in [6.45, 7) is 1.96. The van der Waals surface area contributed by atoms with E-state index in [-0.39, 0.29) is 35.8 Å². The van der Waals surface area contributed by atoms with Gasteiger partial charge in [0.1, 0.15) is 11.9 Å². The fourth-order valence-electron chi connectivity index (χ4n) is 4.12. The smallest absolute Gasteiger partial charge is 0.276 e. The summed E-state index contributed by atoms with van der Waals surface area (Å²) in [5, 5.41) is 8.94. The van der Waals surface area contributed by atoms with Crippen LogP contribution in [0.25, 0.3) is 0 Å². The molecule has 0 radical (unpaired) electrons. The van der Waals surface area contributed by atoms with Gasteiger partial charge in [-0.25, -0.2) is 9.07 Å². The normalized spacial score (nSPS) is 18.2. The third-order valence-electron chi connectivity index (χ3n) is 6.00. The number of halogens is 2. The standard InChI is InChI=1S/C23H21ClFN5O3/c24-16-7-5-15(6-8-16)20-13-30-19(14-33-20)21(26-27-30)23(32)29-11-9-28(10-12-29)22(31)17-3-1-2-4-18(17)25/h1-8,20H,9-14H2. The first-order valence-corrected chi connectivity index (χ1v) is 11.0. The minimum atomic E-state index is -0.548. The molecule has 0 bridgehead atoms. The van der Waals surface area contributed by atoms with Gasteiger partial charge in [-0.15, -0.1) is 5.10 Å². The topological polar surface area (TPSA) is 80.6 Å². The number of benzene rings is 2. The van der Waals surface area contributed by atoms with E-state index in [9.17, 15) is 14.0 Å². The first-order valence-electron chi connectivity index (χ1n) is 10.6. The van der Waals surface area contributed by atoms with Crippen LogP contribution in [0.1, 0.15) is 38.2 Å². The van der Waals surface area contributed by atoms with Gasteiger partial charge in [-0.05, 0) is 29.8 Å². The highest BCUT2D eigenvalue weighted by molar-refractivity contribution is 6.30. The summed E-state index contributed by atoms with van der Waals surface area (Å²) in [4.78, 5) is 28.9. The minimum absolute atomic E-state index is 0.0389. The van der Waals surface area contributed by atoms with Gasteiger partial charge in [-0.1, -0.05) is 41.1 Å². The van der Waals surface area contributed by atoms with Crippen molar-refractivity contribution in [2.45, 2.75) is 19.3 Å². The molecule has 0 saturated carbocycles. The lowest BCUT2D eigenvalue weighted by atomic mass is 10.1. The monoisotopic (exact) mass is 469 g/mol. The van der Waals surface area contributed by atoms with Crippen molar-refractivity contribution in [3.05, 3.63) is 81.9 Å². The second kappa shape index (κ2) is 8.92. The summed E-state index contributed by atoms with van der Waals surface area (Å²) in [5.41, 5.74) is 1.91. The first kappa shape index (κ1) is 21.5. The maximum Gasteiger partial charge on any atom is 0.276 e. The molecule has 2 amide bonds. The second-order valence-corrected chi connectivity index (χ2v) is 8.42. The average molecular weight is 470 g/mol. The minimum Gasteiger partial charge on any atom is -0.365 e. The third-order valence-corrected chi connectivity index (χ3v) is 6.25. The molecule has 0 N–H and O–H groups in total. The van der Waals surface area contributed by atoms with E-state index in [0.717, 1.165) is 5.56 Å². The van der Waals surface area contributed by atoms with Gasteiger partial charge in [0.25, 0.3) is 11.8 Å². The highest BCUT2D eigenvalue weighted by Gasteiger charge is 2.32. The van der Waals surface area contributed by atoms with Crippen LogP contribution in [-0.2, 0) is 17.9 Å². The lowest BCUT2D eigenvalue weighted by Crippen LogP contribution is -2.51. The van der Waals surface area contributed by atoms with Gasteiger partial charge in [0.15, 0.2) is 5.69 Å². The van der Waals surface area contributed by atoms with Gasteiger partial charge in [-0.3, -0.25) is 9.59 Å². The van der Waals surface area contributed by atoms with Crippen LogP contribution in [-0.4, -0.2) is 62.8 Å². The van der Waals surface area contributed by atoms with Crippen molar-refractivity contribution in [2.24, 2.45) is 0 Å². The van der Waals surface area contributed by atoms with Crippen LogP contribution in [0.3, 0.4) is 0 Å². The van der Waals surface area contributed by atoms with Gasteiger partial charge < -0.3 is 14.5 Å². The van der Waals surface area contributed by atoms with E-state index in [0.29, 0.717) is 43.4 Å². The van der Waals surface area contributed by atoms with Crippen molar-refractivity contribution in [2.75, 3.05) is 26.2 Å². The Kier molecular flexibility index (Phi) is 5.82. The Morgan fingerprint density at radius 3 is 2.33 bits per heavy atom. The molecule has 1 fully saturated rings. The van der Waals surface area contributed by atoms with Crippen molar-refractivity contribution < 1.29 is 18.7 Å². The molecule has 0 spiro atoms. The second-order valence-electron chi connectivity index (χ2n) is 7.98. The van der Waals surface area contributed by atoms with Crippen LogP contribution in [0.2, 0.25) is 5.02 Å². The molecule has 5 rings (SSSR count). The molecule has 1 atom stereocenters. The zero-order valence-electron chi connectivity index (χ0n) is 17.7. The SMILES string of the molecule is O=C(c1ccccc1F)N1CCN(C(=O)c2nnn3c2COC(c2ccc(Cl)cc2)C3)CC1. The Labute approximate surface area is 194 Å². The largest absolute Gasteiger partial charge is 0.365 e. The van der Waals surface area contributed by atoms with Crippen molar-refractivity contribution in [3.63, 3.8) is 0 Å². The Morgan fingerprint density at radius 1 is 0.970 bits per heavy atom. The number of hydrogen-bond donors (Lipinski definition) is 0. The number of carbonyl (C=O) groups excluding carboxylic acids is 2. The van der Waals surface area contributed by atoms with E-state index in [1.54, 1.807) is 26.6 Å². The van der Waals surface area contributed by atoms with E-state index in [1.807, 2.05) is 24.3 Å². The molecule has 1 aromatic heterocycles. The zero-order chi connectivity index (χ0) is 22.9. The van der Waals surface area contributed by atoms with Gasteiger partial charge in [-0.2, -0.15) is 0 Å². The summed E-state index contributed by atoms with van der Waals surface area (Å²) < 4.78 is 21.6. The number of aromatic nitrogens is 3. The van der Waals surface area contributed by atoms with Gasteiger partial charge in [0.05, 0.1) is 24.4 Å². The molecule has 1 saturated heterocycles. The molecule has 8 nitrogen and oxygen atoms in total. The van der Waals surface area contributed by atoms with Crippen molar-refractivity contribution in [1.82, 2.24) is 24.8 Å². The first-order chi connectivity index (χ1) is 16.0. The van der Waals surface area contributed by atoms with E-state index >= 15 is 0 Å². The van der Waals surface area contributed by atoms with Crippen LogP contribution in [0.4, 0.5) is 4.39 Å². The molecule has 10 heteroatoms. The third kappa shape index (κ3) is 4.21. The predicted molar refractivity (Wildman–Crippen MR) is 117 cm³/mol. The highest BCUT2D eigenvalue weighted by atomic mass is 35.5. The fraction of sp³-hybridized carbons (Fsp3) is 0.304. The number of piperazine rings is 1. The van der Waals surface area contributed by atoms with E-state index < -0.39 is 5.82 Å². The molecular formula is C23H21ClFN5O3. The molecule has 170 valence electrons. The number of carbonyl (C=O) groups is 2. The van der Waals surface area contributed by atoms with Crippen LogP contribution < -0.4 is 0 Å². The summed E-state index contributed by atoms with van der Waals surface area (Å²) in [6.07, 6.45) is -0.202. The lowest BCUT2D eigenvalue weighted by molar-refractivity contribution is -0.00202. The quantitative estimate of drug-likeness (QED) is 0.589. The zero-order valence-corrected chi connectivity index (χ0v) is 18.4. The van der Waals surface area contributed by atoms with Crippen molar-refractivity contribution in [3.8, 4) is 0 Å². The summed E-state index contributed by atoms with van der Waals surface area (Å²) in [6, 6.07) is 13.3. The van der Waals surface area contributed by atoms with Gasteiger partial charge in [0, 0.05) is 31.2 Å². The van der Waals surface area contributed by atoms with Crippen molar-refractivity contribution in [1.29, 1.82) is 0 Å². The van der Waals surface area contributed by atoms with Crippen LogP contribution in [0.15, 0.2) is 48.5 Å². The number of hydrogen-bond acceptors (Lipinski definition) is 5. The maximum absolute atomic E-state index is 14.0. The maximum atomic E-state index is 14.0. The summed E-state index contributed by atoms with van der Waals surface area (Å²) >= 11 is 5.96. The number of nitrogens with zero attached hydrogens (tertiary/aromatic N) is 5. The Morgan fingerprint density at radius 2 is 1.64 bits per heavy atom. The number of fused-ring (bicyclic) bond motifs is 1. The Balaban J connectivity index is 1.23. The molecule has 3 aromatic rings. The van der Waals surface area contributed by atoms with E-state index in [2.05, 4.69) is 10.3 Å². The summed E-state index contributed by atoms with van der Waals surface area (Å²) in [7, 11) is 0. The molecule has 3 heterocycles. The lowest BCUT2D eigenvalue weighted by Gasteiger charge is -2.34. The Hall–Kier alpha value is -3.30.